The van der Waals surface area contributed by atoms with Crippen molar-refractivity contribution in [2.45, 2.75) is 66.7 Å². The normalized spacial score (nSPS) is 12.0. The number of nitrogens with one attached hydrogen (secondary N) is 1. The van der Waals surface area contributed by atoms with Crippen LogP contribution in [0.4, 0.5) is 0 Å². The first kappa shape index (κ1) is 18.9. The van der Waals surface area contributed by atoms with Gasteiger partial charge in [0.15, 0.2) is 0 Å². The largest absolute Gasteiger partial charge is 0.316 e. The van der Waals surface area contributed by atoms with Crippen LogP contribution in [-0.4, -0.2) is 37.6 Å². The Morgan fingerprint density at radius 2 is 1.63 bits per heavy atom. The van der Waals surface area contributed by atoms with Gasteiger partial charge < -0.3 is 10.2 Å². The van der Waals surface area contributed by atoms with Gasteiger partial charge in [-0.2, -0.15) is 0 Å². The Morgan fingerprint density at radius 3 is 2.16 bits per heavy atom. The van der Waals surface area contributed by atoms with Crippen molar-refractivity contribution in [3.8, 4) is 0 Å². The number of nitrogens with zero attached hydrogens (tertiary/aromatic N) is 1. The lowest BCUT2D eigenvalue weighted by Gasteiger charge is -2.25. The summed E-state index contributed by atoms with van der Waals surface area (Å²) in [5.74, 6) is 1.67. The summed E-state index contributed by atoms with van der Waals surface area (Å²) in [5, 5.41) is 3.52. The van der Waals surface area contributed by atoms with Crippen LogP contribution < -0.4 is 5.32 Å². The smallest absolute Gasteiger partial charge is 0.000934 e. The zero-order chi connectivity index (χ0) is 14.5. The maximum atomic E-state index is 3.52. The molecule has 2 heteroatoms. The first-order chi connectivity index (χ1) is 9.13. The Kier molecular flexibility index (Phi) is 12.9. The number of hydrogen-bond donors (Lipinski definition) is 1. The quantitative estimate of drug-likeness (QED) is 0.506. The maximum Gasteiger partial charge on any atom is 0.000934 e. The number of hydrogen-bond acceptors (Lipinski definition) is 2. The Labute approximate surface area is 122 Å². The van der Waals surface area contributed by atoms with Gasteiger partial charge in [0, 0.05) is 6.54 Å². The minimum absolute atomic E-state index is 0.774. The zero-order valence-electron chi connectivity index (χ0n) is 14.2. The first-order valence-electron chi connectivity index (χ1n) is 8.56. The molecule has 0 fully saturated rings. The van der Waals surface area contributed by atoms with Gasteiger partial charge in [0.05, 0.1) is 0 Å². The third-order valence-corrected chi connectivity index (χ3v) is 4.00. The molecule has 0 aliphatic rings. The summed E-state index contributed by atoms with van der Waals surface area (Å²) in [6.07, 6.45) is 6.70. The van der Waals surface area contributed by atoms with Crippen molar-refractivity contribution in [3.63, 3.8) is 0 Å². The summed E-state index contributed by atoms with van der Waals surface area (Å²) in [5.41, 5.74) is 0. The summed E-state index contributed by atoms with van der Waals surface area (Å²) in [7, 11) is 0. The van der Waals surface area contributed by atoms with Crippen LogP contribution >= 0.6 is 0 Å². The monoisotopic (exact) mass is 270 g/mol. The van der Waals surface area contributed by atoms with Crippen molar-refractivity contribution in [1.82, 2.24) is 10.2 Å². The highest BCUT2D eigenvalue weighted by molar-refractivity contribution is 4.63. The van der Waals surface area contributed by atoms with Crippen LogP contribution in [0.15, 0.2) is 0 Å². The van der Waals surface area contributed by atoms with Crippen LogP contribution in [0, 0.1) is 11.8 Å². The minimum atomic E-state index is 0.774. The molecule has 19 heavy (non-hydrogen) atoms. The molecule has 0 bridgehead atoms. The fraction of sp³-hybridized carbons (Fsp3) is 1.00. The fourth-order valence-corrected chi connectivity index (χ4v) is 2.44. The summed E-state index contributed by atoms with van der Waals surface area (Å²) >= 11 is 0. The van der Waals surface area contributed by atoms with Gasteiger partial charge in [-0.15, -0.1) is 0 Å². The van der Waals surface area contributed by atoms with E-state index in [4.69, 9.17) is 0 Å². The van der Waals surface area contributed by atoms with Gasteiger partial charge in [0.25, 0.3) is 0 Å². The van der Waals surface area contributed by atoms with E-state index in [2.05, 4.69) is 44.8 Å². The molecule has 0 saturated heterocycles. The lowest BCUT2D eigenvalue weighted by atomic mass is 10.0. The SMILES string of the molecule is CCC(CC)CN(CC)CCCCCNCC(C)C. The van der Waals surface area contributed by atoms with Gasteiger partial charge in [-0.3, -0.25) is 0 Å². The second kappa shape index (κ2) is 12.9. The molecule has 0 aromatic heterocycles. The molecule has 0 spiro atoms. The van der Waals surface area contributed by atoms with Crippen molar-refractivity contribution < 1.29 is 0 Å². The van der Waals surface area contributed by atoms with Crippen LogP contribution in [0.2, 0.25) is 0 Å². The van der Waals surface area contributed by atoms with Crippen molar-refractivity contribution >= 4 is 0 Å². The molecule has 2 nitrogen and oxygen atoms in total. The zero-order valence-corrected chi connectivity index (χ0v) is 14.2. The lowest BCUT2D eigenvalue weighted by Crippen LogP contribution is -2.30. The fourth-order valence-electron chi connectivity index (χ4n) is 2.44. The van der Waals surface area contributed by atoms with Gasteiger partial charge in [-0.25, -0.2) is 0 Å². The summed E-state index contributed by atoms with van der Waals surface area (Å²) in [6, 6.07) is 0. The molecular formula is C17H38N2. The molecule has 0 unspecified atom stereocenters. The van der Waals surface area contributed by atoms with Gasteiger partial charge in [-0.1, -0.05) is 53.9 Å². The predicted molar refractivity (Wildman–Crippen MR) is 87.7 cm³/mol. The molecule has 0 radical (unpaired) electrons. The molecule has 0 heterocycles. The van der Waals surface area contributed by atoms with Crippen LogP contribution in [0.5, 0.6) is 0 Å². The van der Waals surface area contributed by atoms with Crippen LogP contribution in [0.3, 0.4) is 0 Å². The average molecular weight is 271 g/mol. The Balaban J connectivity index is 3.50. The molecular weight excluding hydrogens is 232 g/mol. The summed E-state index contributed by atoms with van der Waals surface area (Å²) < 4.78 is 0. The third kappa shape index (κ3) is 11.4. The Hall–Kier alpha value is -0.0800. The molecule has 0 atom stereocenters. The molecule has 0 rings (SSSR count). The molecule has 0 aromatic carbocycles. The van der Waals surface area contributed by atoms with E-state index >= 15 is 0 Å². The summed E-state index contributed by atoms with van der Waals surface area (Å²) in [4.78, 5) is 2.64. The Bertz CT molecular complexity index is 176. The van der Waals surface area contributed by atoms with Crippen molar-refractivity contribution in [2.24, 2.45) is 11.8 Å². The average Bonchev–Trinajstić information content (AvgIpc) is 2.40. The molecule has 0 amide bonds. The van der Waals surface area contributed by atoms with E-state index in [1.807, 2.05) is 0 Å². The van der Waals surface area contributed by atoms with Gasteiger partial charge in [0.2, 0.25) is 0 Å². The molecule has 0 saturated carbocycles. The highest BCUT2D eigenvalue weighted by Gasteiger charge is 2.09. The van der Waals surface area contributed by atoms with Crippen molar-refractivity contribution in [1.29, 1.82) is 0 Å². The first-order valence-corrected chi connectivity index (χ1v) is 8.56. The van der Waals surface area contributed by atoms with Crippen LogP contribution in [0.1, 0.15) is 66.7 Å². The standard InChI is InChI=1S/C17H38N2/c1-6-17(7-2)15-19(8-3)13-11-9-10-12-18-14-16(4)5/h16-18H,6-15H2,1-5H3. The Morgan fingerprint density at radius 1 is 0.947 bits per heavy atom. The molecule has 0 aliphatic carbocycles. The topological polar surface area (TPSA) is 15.3 Å². The number of rotatable bonds is 13. The van der Waals surface area contributed by atoms with Gasteiger partial charge in [0.1, 0.15) is 0 Å². The molecule has 0 aliphatic heterocycles. The molecule has 0 aromatic rings. The van der Waals surface area contributed by atoms with E-state index < -0.39 is 0 Å². The summed E-state index contributed by atoms with van der Waals surface area (Å²) in [6.45, 7) is 17.6. The maximum absolute atomic E-state index is 3.52. The highest BCUT2D eigenvalue weighted by Crippen LogP contribution is 2.10. The van der Waals surface area contributed by atoms with E-state index in [1.165, 1.54) is 58.3 Å². The van der Waals surface area contributed by atoms with E-state index in [0.717, 1.165) is 18.4 Å². The van der Waals surface area contributed by atoms with Crippen LogP contribution in [0.25, 0.3) is 0 Å². The van der Waals surface area contributed by atoms with E-state index in [-0.39, 0.29) is 0 Å². The minimum Gasteiger partial charge on any atom is -0.316 e. The van der Waals surface area contributed by atoms with Gasteiger partial charge >= 0.3 is 0 Å². The van der Waals surface area contributed by atoms with Crippen LogP contribution in [-0.2, 0) is 0 Å². The molecule has 1 N–H and O–H groups in total. The molecule has 116 valence electrons. The van der Waals surface area contributed by atoms with E-state index in [0.29, 0.717) is 0 Å². The second-order valence-electron chi connectivity index (χ2n) is 6.23. The van der Waals surface area contributed by atoms with E-state index in [9.17, 15) is 0 Å². The van der Waals surface area contributed by atoms with E-state index in [1.54, 1.807) is 0 Å². The second-order valence-corrected chi connectivity index (χ2v) is 6.23. The highest BCUT2D eigenvalue weighted by atomic mass is 15.1. The van der Waals surface area contributed by atoms with Gasteiger partial charge in [-0.05, 0) is 50.9 Å². The predicted octanol–water partition coefficient (Wildman–Crippen LogP) is 4.16. The van der Waals surface area contributed by atoms with Crippen molar-refractivity contribution in [3.05, 3.63) is 0 Å². The number of unbranched alkanes of at least 4 members (excludes halogenated alkanes) is 2. The third-order valence-electron chi connectivity index (χ3n) is 4.00. The van der Waals surface area contributed by atoms with Crippen molar-refractivity contribution in [2.75, 3.05) is 32.7 Å². The lowest BCUT2D eigenvalue weighted by molar-refractivity contribution is 0.229.